The summed E-state index contributed by atoms with van der Waals surface area (Å²) < 4.78 is 11.8. The maximum Gasteiger partial charge on any atom is 0.355 e. The number of ether oxygens (including phenoxy) is 2. The second kappa shape index (κ2) is 10.3. The van der Waals surface area contributed by atoms with Crippen molar-refractivity contribution in [2.45, 2.75) is 6.92 Å². The summed E-state index contributed by atoms with van der Waals surface area (Å²) in [6.07, 6.45) is 1.45. The molecule has 4 aromatic rings. The standard InChI is InChI=1S/C25H19ClN2O4S/c1-16-9-11-18(12-10-16)31-15-22(29)28-27-14-17-5-4-6-19(13-17)32-25(30)24-23(26)20-7-2-3-8-21(20)33-24/h2-14H,15H2,1H3,(H,28,29). The molecule has 0 unspecified atom stereocenters. The molecule has 6 nitrogen and oxygen atoms in total. The zero-order valence-electron chi connectivity index (χ0n) is 17.6. The molecule has 1 amide bonds. The monoisotopic (exact) mass is 478 g/mol. The number of halogens is 1. The number of rotatable bonds is 7. The molecule has 0 spiro atoms. The zero-order chi connectivity index (χ0) is 23.2. The molecule has 0 fully saturated rings. The number of hydrazone groups is 1. The number of aryl methyl sites for hydroxylation is 1. The van der Waals surface area contributed by atoms with Crippen LogP contribution in [0.2, 0.25) is 5.02 Å². The van der Waals surface area contributed by atoms with Gasteiger partial charge in [0.25, 0.3) is 5.91 Å². The summed E-state index contributed by atoms with van der Waals surface area (Å²) in [5, 5.41) is 5.13. The van der Waals surface area contributed by atoms with Crippen molar-refractivity contribution >= 4 is 51.1 Å². The number of carbonyl (C=O) groups excluding carboxylic acids is 2. The summed E-state index contributed by atoms with van der Waals surface area (Å²) in [7, 11) is 0. The first-order valence-electron chi connectivity index (χ1n) is 10.0. The lowest BCUT2D eigenvalue weighted by Gasteiger charge is -2.05. The van der Waals surface area contributed by atoms with Crippen molar-refractivity contribution < 1.29 is 19.1 Å². The number of hydrogen-bond acceptors (Lipinski definition) is 6. The first-order chi connectivity index (χ1) is 16.0. The number of thiophene rings is 1. The molecule has 0 saturated carbocycles. The zero-order valence-corrected chi connectivity index (χ0v) is 19.2. The van der Waals surface area contributed by atoms with Crippen LogP contribution in [0.5, 0.6) is 11.5 Å². The summed E-state index contributed by atoms with van der Waals surface area (Å²) >= 11 is 7.64. The molecule has 0 aliphatic carbocycles. The number of nitrogens with zero attached hydrogens (tertiary/aromatic N) is 1. The molecule has 0 saturated heterocycles. The summed E-state index contributed by atoms with van der Waals surface area (Å²) in [6.45, 7) is 1.81. The minimum Gasteiger partial charge on any atom is -0.484 e. The molecule has 0 radical (unpaired) electrons. The van der Waals surface area contributed by atoms with Crippen molar-refractivity contribution in [3.63, 3.8) is 0 Å². The summed E-state index contributed by atoms with van der Waals surface area (Å²) in [5.74, 6) is 0.0187. The highest BCUT2D eigenvalue weighted by Crippen LogP contribution is 2.35. The van der Waals surface area contributed by atoms with Crippen LogP contribution >= 0.6 is 22.9 Å². The highest BCUT2D eigenvalue weighted by atomic mass is 35.5. The maximum absolute atomic E-state index is 12.6. The van der Waals surface area contributed by atoms with E-state index in [1.807, 2.05) is 43.3 Å². The third kappa shape index (κ3) is 5.77. The minimum absolute atomic E-state index is 0.159. The molecule has 0 bridgehead atoms. The van der Waals surface area contributed by atoms with Gasteiger partial charge in [0, 0.05) is 10.1 Å². The van der Waals surface area contributed by atoms with E-state index in [9.17, 15) is 9.59 Å². The van der Waals surface area contributed by atoms with Crippen LogP contribution < -0.4 is 14.9 Å². The molecular weight excluding hydrogens is 460 g/mol. The Balaban J connectivity index is 1.33. The number of fused-ring (bicyclic) bond motifs is 1. The molecule has 166 valence electrons. The van der Waals surface area contributed by atoms with E-state index in [4.69, 9.17) is 21.1 Å². The Kier molecular flexibility index (Phi) is 7.02. The topological polar surface area (TPSA) is 77.0 Å². The number of benzene rings is 3. The highest BCUT2D eigenvalue weighted by Gasteiger charge is 2.19. The van der Waals surface area contributed by atoms with Crippen molar-refractivity contribution in [2.24, 2.45) is 5.10 Å². The molecule has 0 aliphatic rings. The van der Waals surface area contributed by atoms with E-state index >= 15 is 0 Å². The summed E-state index contributed by atoms with van der Waals surface area (Å²) in [6, 6.07) is 21.7. The number of amides is 1. The smallest absolute Gasteiger partial charge is 0.355 e. The van der Waals surface area contributed by atoms with Crippen LogP contribution in [-0.2, 0) is 4.79 Å². The van der Waals surface area contributed by atoms with E-state index in [1.165, 1.54) is 17.6 Å². The van der Waals surface area contributed by atoms with Gasteiger partial charge < -0.3 is 9.47 Å². The van der Waals surface area contributed by atoms with E-state index in [1.54, 1.807) is 36.4 Å². The van der Waals surface area contributed by atoms with E-state index < -0.39 is 11.9 Å². The lowest BCUT2D eigenvalue weighted by Crippen LogP contribution is -2.24. The fraction of sp³-hybridized carbons (Fsp3) is 0.0800. The van der Waals surface area contributed by atoms with Gasteiger partial charge in [-0.3, -0.25) is 4.79 Å². The van der Waals surface area contributed by atoms with E-state index in [2.05, 4.69) is 10.5 Å². The van der Waals surface area contributed by atoms with Crippen molar-refractivity contribution in [3.8, 4) is 11.5 Å². The number of esters is 1. The average Bonchev–Trinajstić information content (AvgIpc) is 3.16. The normalized spacial score (nSPS) is 11.0. The van der Waals surface area contributed by atoms with Gasteiger partial charge in [0.15, 0.2) is 6.61 Å². The second-order valence-electron chi connectivity index (χ2n) is 7.10. The van der Waals surface area contributed by atoms with Crippen LogP contribution in [0.3, 0.4) is 0 Å². The Morgan fingerprint density at radius 1 is 1.03 bits per heavy atom. The fourth-order valence-corrected chi connectivity index (χ4v) is 4.34. The first-order valence-corrected chi connectivity index (χ1v) is 11.2. The van der Waals surface area contributed by atoms with E-state index in [0.29, 0.717) is 27.0 Å². The molecule has 0 aliphatic heterocycles. The van der Waals surface area contributed by atoms with Crippen molar-refractivity contribution in [2.75, 3.05) is 6.61 Å². The van der Waals surface area contributed by atoms with Crippen molar-refractivity contribution in [3.05, 3.63) is 93.8 Å². The van der Waals surface area contributed by atoms with Crippen LogP contribution in [0.1, 0.15) is 20.8 Å². The molecule has 33 heavy (non-hydrogen) atoms. The number of hydrogen-bond donors (Lipinski definition) is 1. The molecule has 1 aromatic heterocycles. The molecule has 4 rings (SSSR count). The van der Waals surface area contributed by atoms with Gasteiger partial charge in [0.1, 0.15) is 16.4 Å². The van der Waals surface area contributed by atoms with Gasteiger partial charge in [-0.1, -0.05) is 59.6 Å². The van der Waals surface area contributed by atoms with Crippen LogP contribution in [-0.4, -0.2) is 24.7 Å². The Hall–Kier alpha value is -3.68. The fourth-order valence-electron chi connectivity index (χ4n) is 2.95. The highest BCUT2D eigenvalue weighted by molar-refractivity contribution is 7.21. The van der Waals surface area contributed by atoms with Crippen LogP contribution in [0.4, 0.5) is 0 Å². The van der Waals surface area contributed by atoms with Crippen LogP contribution in [0, 0.1) is 6.92 Å². The van der Waals surface area contributed by atoms with E-state index in [0.717, 1.165) is 15.6 Å². The number of carbonyl (C=O) groups is 2. The van der Waals surface area contributed by atoms with Crippen LogP contribution in [0.25, 0.3) is 10.1 Å². The lowest BCUT2D eigenvalue weighted by atomic mass is 10.2. The second-order valence-corrected chi connectivity index (χ2v) is 8.53. The molecule has 0 atom stereocenters. The molecule has 1 N–H and O–H groups in total. The molecular formula is C25H19ClN2O4S. The predicted octanol–water partition coefficient (Wildman–Crippen LogP) is 5.61. The predicted molar refractivity (Wildman–Crippen MR) is 131 cm³/mol. The SMILES string of the molecule is Cc1ccc(OCC(=O)NN=Cc2cccc(OC(=O)c3sc4ccccc4c3Cl)c2)cc1. The van der Waals surface area contributed by atoms with Gasteiger partial charge in [-0.05, 0) is 42.8 Å². The Morgan fingerprint density at radius 2 is 1.82 bits per heavy atom. The van der Waals surface area contributed by atoms with Crippen LogP contribution in [0.15, 0.2) is 77.9 Å². The molecule has 8 heteroatoms. The van der Waals surface area contributed by atoms with Gasteiger partial charge in [-0.25, -0.2) is 10.2 Å². The van der Waals surface area contributed by atoms with Gasteiger partial charge in [-0.15, -0.1) is 11.3 Å². The maximum atomic E-state index is 12.6. The van der Waals surface area contributed by atoms with Gasteiger partial charge in [0.2, 0.25) is 0 Å². The molecule has 3 aromatic carbocycles. The quantitative estimate of drug-likeness (QED) is 0.162. The average molecular weight is 479 g/mol. The first kappa shape index (κ1) is 22.5. The Bertz CT molecular complexity index is 1330. The van der Waals surface area contributed by atoms with Crippen molar-refractivity contribution in [1.29, 1.82) is 0 Å². The largest absolute Gasteiger partial charge is 0.484 e. The van der Waals surface area contributed by atoms with Gasteiger partial charge in [-0.2, -0.15) is 5.10 Å². The third-order valence-electron chi connectivity index (χ3n) is 4.58. The third-order valence-corrected chi connectivity index (χ3v) is 6.24. The molecule has 1 heterocycles. The Labute approximate surface area is 199 Å². The number of nitrogens with one attached hydrogen (secondary N) is 1. The van der Waals surface area contributed by atoms with E-state index in [-0.39, 0.29) is 6.61 Å². The van der Waals surface area contributed by atoms with Gasteiger partial charge >= 0.3 is 5.97 Å². The van der Waals surface area contributed by atoms with Crippen molar-refractivity contribution in [1.82, 2.24) is 5.43 Å². The van der Waals surface area contributed by atoms with Gasteiger partial charge in [0.05, 0.1) is 11.2 Å². The summed E-state index contributed by atoms with van der Waals surface area (Å²) in [4.78, 5) is 24.9. The summed E-state index contributed by atoms with van der Waals surface area (Å²) in [5.41, 5.74) is 4.15. The lowest BCUT2D eigenvalue weighted by molar-refractivity contribution is -0.123. The Morgan fingerprint density at radius 3 is 2.61 bits per heavy atom. The minimum atomic E-state index is -0.531.